The normalized spacial score (nSPS) is 19.8. The van der Waals surface area contributed by atoms with Crippen LogP contribution in [0.4, 0.5) is 5.69 Å². The minimum Gasteiger partial charge on any atom is -0.348 e. The van der Waals surface area contributed by atoms with E-state index in [4.69, 9.17) is 0 Å². The maximum atomic E-state index is 12.9. The molecule has 0 saturated carbocycles. The zero-order valence-electron chi connectivity index (χ0n) is 17.6. The standard InChI is InChI=1S/C22H26N4O5S/c27-22(23-19-9-5-7-17-6-1-2-8-18(17)19)16-24-12-14-25(15-13-24)32(30,31)21-11-4-3-10-20(21)26(28)29/h1-4,6,8,10-11,19H,5,7,9,12-16H2,(H,23,27)/t19-/m1/s1. The second-order valence-electron chi connectivity index (χ2n) is 8.12. The number of nitrogens with one attached hydrogen (secondary N) is 1. The number of nitro groups is 1. The Bertz CT molecular complexity index is 1110. The van der Waals surface area contributed by atoms with Crippen molar-refractivity contribution in [2.45, 2.75) is 30.2 Å². The molecule has 2 aromatic rings. The van der Waals surface area contributed by atoms with Crippen molar-refractivity contribution in [2.75, 3.05) is 32.7 Å². The first-order valence-electron chi connectivity index (χ1n) is 10.7. The lowest BCUT2D eigenvalue weighted by atomic mass is 9.88. The molecule has 170 valence electrons. The number of piperazine rings is 1. The van der Waals surface area contributed by atoms with Gasteiger partial charge in [0.15, 0.2) is 4.90 Å². The third kappa shape index (κ3) is 4.67. The van der Waals surface area contributed by atoms with Crippen LogP contribution in [-0.4, -0.2) is 61.2 Å². The van der Waals surface area contributed by atoms with Crippen molar-refractivity contribution in [3.63, 3.8) is 0 Å². The molecule has 1 fully saturated rings. The first-order chi connectivity index (χ1) is 15.4. The van der Waals surface area contributed by atoms with Crippen LogP contribution < -0.4 is 5.32 Å². The number of hydrogen-bond donors (Lipinski definition) is 1. The monoisotopic (exact) mass is 458 g/mol. The minimum atomic E-state index is -3.98. The lowest BCUT2D eigenvalue weighted by Gasteiger charge is -2.34. The molecule has 0 spiro atoms. The number of carbonyl (C=O) groups excluding carboxylic acids is 1. The van der Waals surface area contributed by atoms with Gasteiger partial charge in [0.1, 0.15) is 0 Å². The highest BCUT2D eigenvalue weighted by Gasteiger charge is 2.34. The summed E-state index contributed by atoms with van der Waals surface area (Å²) in [5.41, 5.74) is 2.02. The van der Waals surface area contributed by atoms with Crippen LogP contribution in [0.2, 0.25) is 0 Å². The number of benzene rings is 2. The van der Waals surface area contributed by atoms with Gasteiger partial charge in [-0.3, -0.25) is 19.8 Å². The van der Waals surface area contributed by atoms with Gasteiger partial charge in [0, 0.05) is 32.2 Å². The van der Waals surface area contributed by atoms with Crippen molar-refractivity contribution >= 4 is 21.6 Å². The predicted octanol–water partition coefficient (Wildman–Crippen LogP) is 2.09. The SMILES string of the molecule is O=C(CN1CCN(S(=O)(=O)c2ccccc2[N+](=O)[O-])CC1)N[C@@H]1CCCc2ccccc21. The van der Waals surface area contributed by atoms with Crippen LogP contribution in [0.15, 0.2) is 53.4 Å². The molecule has 1 aliphatic heterocycles. The molecule has 1 atom stereocenters. The predicted molar refractivity (Wildman–Crippen MR) is 119 cm³/mol. The van der Waals surface area contributed by atoms with Gasteiger partial charge in [0.2, 0.25) is 15.9 Å². The maximum absolute atomic E-state index is 12.9. The summed E-state index contributed by atoms with van der Waals surface area (Å²) in [6.07, 6.45) is 2.97. The Morgan fingerprint density at radius 3 is 2.50 bits per heavy atom. The van der Waals surface area contributed by atoms with E-state index >= 15 is 0 Å². The fourth-order valence-electron chi connectivity index (χ4n) is 4.44. The summed E-state index contributed by atoms with van der Waals surface area (Å²) in [4.78, 5) is 24.8. The van der Waals surface area contributed by atoms with Crippen LogP contribution in [0.1, 0.15) is 30.0 Å². The van der Waals surface area contributed by atoms with E-state index < -0.39 is 20.6 Å². The van der Waals surface area contributed by atoms with Gasteiger partial charge in [0.25, 0.3) is 5.69 Å². The molecule has 10 heteroatoms. The van der Waals surface area contributed by atoms with Crippen molar-refractivity contribution in [3.8, 4) is 0 Å². The summed E-state index contributed by atoms with van der Waals surface area (Å²) in [5.74, 6) is -0.0818. The molecular formula is C22H26N4O5S. The molecule has 0 bridgehead atoms. The lowest BCUT2D eigenvalue weighted by Crippen LogP contribution is -2.51. The summed E-state index contributed by atoms with van der Waals surface area (Å²) in [6.45, 7) is 1.31. The molecule has 1 saturated heterocycles. The first kappa shape index (κ1) is 22.4. The number of carbonyl (C=O) groups is 1. The highest BCUT2D eigenvalue weighted by molar-refractivity contribution is 7.89. The number of hydrogen-bond acceptors (Lipinski definition) is 6. The molecular weight excluding hydrogens is 432 g/mol. The third-order valence-electron chi connectivity index (χ3n) is 6.08. The van der Waals surface area contributed by atoms with E-state index in [2.05, 4.69) is 17.4 Å². The zero-order valence-corrected chi connectivity index (χ0v) is 18.5. The number of nitro benzene ring substituents is 1. The second kappa shape index (κ2) is 9.35. The Balaban J connectivity index is 1.35. The number of amides is 1. The third-order valence-corrected chi connectivity index (χ3v) is 8.03. The molecule has 1 heterocycles. The first-order valence-corrected chi connectivity index (χ1v) is 12.1. The molecule has 0 aromatic heterocycles. The summed E-state index contributed by atoms with van der Waals surface area (Å²) in [6, 6.07) is 13.5. The minimum absolute atomic E-state index is 0.00717. The summed E-state index contributed by atoms with van der Waals surface area (Å²) >= 11 is 0. The van der Waals surface area contributed by atoms with Gasteiger partial charge < -0.3 is 5.32 Å². The summed E-state index contributed by atoms with van der Waals surface area (Å²) in [5, 5.41) is 14.4. The van der Waals surface area contributed by atoms with Gasteiger partial charge in [-0.1, -0.05) is 36.4 Å². The molecule has 9 nitrogen and oxygen atoms in total. The topological polar surface area (TPSA) is 113 Å². The molecule has 1 N–H and O–H groups in total. The number of sulfonamides is 1. The molecule has 0 radical (unpaired) electrons. The van der Waals surface area contributed by atoms with Crippen LogP contribution in [0.25, 0.3) is 0 Å². The van der Waals surface area contributed by atoms with Crippen LogP contribution in [0.3, 0.4) is 0 Å². The molecule has 2 aliphatic rings. The van der Waals surface area contributed by atoms with Gasteiger partial charge in [-0.25, -0.2) is 8.42 Å². The highest BCUT2D eigenvalue weighted by atomic mass is 32.2. The molecule has 1 amide bonds. The molecule has 0 unspecified atom stereocenters. The molecule has 4 rings (SSSR count). The van der Waals surface area contributed by atoms with Crippen LogP contribution in [0.5, 0.6) is 0 Å². The Morgan fingerprint density at radius 2 is 1.75 bits per heavy atom. The molecule has 1 aliphatic carbocycles. The Kier molecular flexibility index (Phi) is 6.54. The maximum Gasteiger partial charge on any atom is 0.289 e. The fraction of sp³-hybridized carbons (Fsp3) is 0.409. The Morgan fingerprint density at radius 1 is 1.06 bits per heavy atom. The van der Waals surface area contributed by atoms with Gasteiger partial charge >= 0.3 is 0 Å². The Labute approximate surface area is 187 Å². The van der Waals surface area contributed by atoms with Gasteiger partial charge in [0.05, 0.1) is 17.5 Å². The zero-order chi connectivity index (χ0) is 22.7. The van der Waals surface area contributed by atoms with E-state index in [0.29, 0.717) is 13.1 Å². The number of para-hydroxylation sites is 1. The van der Waals surface area contributed by atoms with Crippen LogP contribution in [-0.2, 0) is 21.2 Å². The Hall–Kier alpha value is -2.82. The van der Waals surface area contributed by atoms with Crippen LogP contribution >= 0.6 is 0 Å². The number of nitrogens with zero attached hydrogens (tertiary/aromatic N) is 3. The van der Waals surface area contributed by atoms with E-state index in [1.54, 1.807) is 0 Å². The number of fused-ring (bicyclic) bond motifs is 1. The van der Waals surface area contributed by atoms with E-state index in [9.17, 15) is 23.3 Å². The average Bonchev–Trinajstić information content (AvgIpc) is 2.79. The smallest absolute Gasteiger partial charge is 0.289 e. The lowest BCUT2D eigenvalue weighted by molar-refractivity contribution is -0.387. The van der Waals surface area contributed by atoms with E-state index in [1.165, 1.54) is 39.7 Å². The van der Waals surface area contributed by atoms with Gasteiger partial charge in [-0.05, 0) is 36.5 Å². The van der Waals surface area contributed by atoms with Crippen LogP contribution in [0, 0.1) is 10.1 Å². The van der Waals surface area contributed by atoms with Crippen molar-refractivity contribution in [1.29, 1.82) is 0 Å². The summed E-state index contributed by atoms with van der Waals surface area (Å²) in [7, 11) is -3.98. The van der Waals surface area contributed by atoms with Crippen molar-refractivity contribution in [2.24, 2.45) is 0 Å². The quantitative estimate of drug-likeness (QED) is 0.524. The van der Waals surface area contributed by atoms with E-state index in [0.717, 1.165) is 19.3 Å². The van der Waals surface area contributed by atoms with Crippen molar-refractivity contribution < 1.29 is 18.1 Å². The molecule has 32 heavy (non-hydrogen) atoms. The van der Waals surface area contributed by atoms with Gasteiger partial charge in [-0.2, -0.15) is 4.31 Å². The van der Waals surface area contributed by atoms with Gasteiger partial charge in [-0.15, -0.1) is 0 Å². The largest absolute Gasteiger partial charge is 0.348 e. The number of rotatable bonds is 6. The fourth-order valence-corrected chi connectivity index (χ4v) is 6.02. The second-order valence-corrected chi connectivity index (χ2v) is 10.0. The average molecular weight is 459 g/mol. The summed E-state index contributed by atoms with van der Waals surface area (Å²) < 4.78 is 27.1. The van der Waals surface area contributed by atoms with Crippen molar-refractivity contribution in [3.05, 3.63) is 69.8 Å². The van der Waals surface area contributed by atoms with E-state index in [-0.39, 0.29) is 36.5 Å². The van der Waals surface area contributed by atoms with Crippen molar-refractivity contribution in [1.82, 2.24) is 14.5 Å². The van der Waals surface area contributed by atoms with E-state index in [1.807, 2.05) is 17.0 Å². The molecule has 2 aromatic carbocycles. The highest BCUT2D eigenvalue weighted by Crippen LogP contribution is 2.29. The number of aryl methyl sites for hydroxylation is 1.